The minimum atomic E-state index is -1.03. The average molecular weight is 369 g/mol. The monoisotopic (exact) mass is 369 g/mol. The molecule has 7 nitrogen and oxygen atoms in total. The van der Waals surface area contributed by atoms with Gasteiger partial charge in [0.15, 0.2) is 11.5 Å². The van der Waals surface area contributed by atoms with Gasteiger partial charge in [0.2, 0.25) is 0 Å². The van der Waals surface area contributed by atoms with Crippen LogP contribution in [0.25, 0.3) is 11.8 Å². The molecule has 0 unspecified atom stereocenters. The lowest BCUT2D eigenvalue weighted by molar-refractivity contribution is -0.131. The van der Waals surface area contributed by atoms with Crippen molar-refractivity contribution in [3.8, 4) is 17.2 Å². The van der Waals surface area contributed by atoms with Crippen LogP contribution in [-0.4, -0.2) is 33.2 Å². The van der Waals surface area contributed by atoms with Crippen molar-refractivity contribution in [2.45, 2.75) is 6.61 Å². The maximum atomic E-state index is 13.8. The molecular formula is C19H16FN3O4. The third-order valence-corrected chi connectivity index (χ3v) is 3.62. The zero-order chi connectivity index (χ0) is 19.2. The molecule has 0 aliphatic carbocycles. The Kier molecular flexibility index (Phi) is 5.46. The summed E-state index contributed by atoms with van der Waals surface area (Å²) in [5.41, 5.74) is 1.46. The van der Waals surface area contributed by atoms with Crippen molar-refractivity contribution < 1.29 is 23.8 Å². The second kappa shape index (κ2) is 8.13. The topological polar surface area (TPSA) is 86.5 Å². The molecular weight excluding hydrogens is 353 g/mol. The molecule has 1 N–H and O–H groups in total. The summed E-state index contributed by atoms with van der Waals surface area (Å²) >= 11 is 0. The molecule has 0 fully saturated rings. The van der Waals surface area contributed by atoms with Gasteiger partial charge in [-0.2, -0.15) is 0 Å². The zero-order valence-corrected chi connectivity index (χ0v) is 14.4. The number of rotatable bonds is 7. The Balaban J connectivity index is 1.72. The SMILES string of the molecule is COc1cc(/C=C/C(=O)O)ccc1OCc1cn(-c2ccccc2F)nn1. The lowest BCUT2D eigenvalue weighted by Gasteiger charge is -2.10. The molecule has 2 aromatic carbocycles. The number of halogens is 1. The maximum Gasteiger partial charge on any atom is 0.328 e. The number of methoxy groups -OCH3 is 1. The molecule has 8 heteroatoms. The number of carboxylic acid groups (broad SMARTS) is 1. The van der Waals surface area contributed by atoms with Gasteiger partial charge in [-0.1, -0.05) is 23.4 Å². The molecule has 0 bridgehead atoms. The average Bonchev–Trinajstić information content (AvgIpc) is 3.14. The lowest BCUT2D eigenvalue weighted by atomic mass is 10.2. The highest BCUT2D eigenvalue weighted by molar-refractivity contribution is 5.85. The van der Waals surface area contributed by atoms with E-state index in [2.05, 4.69) is 10.3 Å². The van der Waals surface area contributed by atoms with E-state index in [1.807, 2.05) is 0 Å². The van der Waals surface area contributed by atoms with Gasteiger partial charge in [-0.05, 0) is 35.9 Å². The van der Waals surface area contributed by atoms with E-state index in [1.165, 1.54) is 23.9 Å². The van der Waals surface area contributed by atoms with Crippen molar-refractivity contribution in [2.75, 3.05) is 7.11 Å². The fraction of sp³-hybridized carbons (Fsp3) is 0.105. The van der Waals surface area contributed by atoms with Gasteiger partial charge < -0.3 is 14.6 Å². The number of carboxylic acids is 1. The minimum Gasteiger partial charge on any atom is -0.493 e. The first-order valence-electron chi connectivity index (χ1n) is 7.95. The van der Waals surface area contributed by atoms with Crippen LogP contribution < -0.4 is 9.47 Å². The third-order valence-electron chi connectivity index (χ3n) is 3.62. The smallest absolute Gasteiger partial charge is 0.328 e. The van der Waals surface area contributed by atoms with E-state index >= 15 is 0 Å². The number of hydrogen-bond donors (Lipinski definition) is 1. The molecule has 0 amide bonds. The van der Waals surface area contributed by atoms with Crippen LogP contribution in [0.15, 0.2) is 54.7 Å². The predicted octanol–water partition coefficient (Wildman–Crippen LogP) is 3.09. The number of hydrogen-bond acceptors (Lipinski definition) is 5. The molecule has 3 aromatic rings. The van der Waals surface area contributed by atoms with Gasteiger partial charge in [0, 0.05) is 6.08 Å². The van der Waals surface area contributed by atoms with Crippen LogP contribution in [0.4, 0.5) is 4.39 Å². The highest BCUT2D eigenvalue weighted by atomic mass is 19.1. The van der Waals surface area contributed by atoms with E-state index in [0.29, 0.717) is 28.4 Å². The van der Waals surface area contributed by atoms with Crippen LogP contribution in [-0.2, 0) is 11.4 Å². The molecule has 1 aromatic heterocycles. The number of aliphatic carboxylic acids is 1. The summed E-state index contributed by atoms with van der Waals surface area (Å²) in [5.74, 6) is -0.525. The summed E-state index contributed by atoms with van der Waals surface area (Å²) in [4.78, 5) is 10.6. The van der Waals surface area contributed by atoms with Crippen LogP contribution in [0.1, 0.15) is 11.3 Å². The van der Waals surface area contributed by atoms with Gasteiger partial charge >= 0.3 is 5.97 Å². The molecule has 0 atom stereocenters. The molecule has 3 rings (SSSR count). The van der Waals surface area contributed by atoms with Gasteiger partial charge in [-0.25, -0.2) is 13.9 Å². The quantitative estimate of drug-likeness (QED) is 0.644. The lowest BCUT2D eigenvalue weighted by Crippen LogP contribution is -1.99. The summed E-state index contributed by atoms with van der Waals surface area (Å²) in [6, 6.07) is 11.3. The molecule has 1 heterocycles. The number of aromatic nitrogens is 3. The van der Waals surface area contributed by atoms with Gasteiger partial charge in [0.25, 0.3) is 0 Å². The van der Waals surface area contributed by atoms with Crippen LogP contribution in [0.2, 0.25) is 0 Å². The van der Waals surface area contributed by atoms with E-state index in [-0.39, 0.29) is 6.61 Å². The molecule has 0 spiro atoms. The first-order valence-corrected chi connectivity index (χ1v) is 7.95. The highest BCUT2D eigenvalue weighted by Crippen LogP contribution is 2.29. The first-order chi connectivity index (χ1) is 13.1. The molecule has 0 aliphatic rings. The summed E-state index contributed by atoms with van der Waals surface area (Å²) in [6.45, 7) is 0.106. The molecule has 0 aliphatic heterocycles. The highest BCUT2D eigenvalue weighted by Gasteiger charge is 2.10. The van der Waals surface area contributed by atoms with Gasteiger partial charge in [0.05, 0.1) is 13.3 Å². The van der Waals surface area contributed by atoms with Crippen LogP contribution >= 0.6 is 0 Å². The third kappa shape index (κ3) is 4.49. The van der Waals surface area contributed by atoms with Gasteiger partial charge in [-0.15, -0.1) is 5.10 Å². The number of carbonyl (C=O) groups is 1. The second-order valence-electron chi connectivity index (χ2n) is 5.48. The Morgan fingerprint density at radius 2 is 2.07 bits per heavy atom. The fourth-order valence-electron chi connectivity index (χ4n) is 2.35. The molecule has 0 saturated heterocycles. The Morgan fingerprint density at radius 3 is 2.81 bits per heavy atom. The normalized spacial score (nSPS) is 10.9. The van der Waals surface area contributed by atoms with Crippen LogP contribution in [0.3, 0.4) is 0 Å². The minimum absolute atomic E-state index is 0.106. The Bertz CT molecular complexity index is 985. The summed E-state index contributed by atoms with van der Waals surface area (Å²) in [6.07, 6.45) is 4.07. The van der Waals surface area contributed by atoms with E-state index < -0.39 is 11.8 Å². The Labute approximate surface area is 154 Å². The van der Waals surface area contributed by atoms with E-state index in [1.54, 1.807) is 42.6 Å². The first kappa shape index (κ1) is 18.1. The number of nitrogens with zero attached hydrogens (tertiary/aromatic N) is 3. The van der Waals surface area contributed by atoms with Crippen LogP contribution in [0.5, 0.6) is 11.5 Å². The summed E-state index contributed by atoms with van der Waals surface area (Å²) < 4.78 is 26.1. The zero-order valence-electron chi connectivity index (χ0n) is 14.4. The Hall–Kier alpha value is -3.68. The second-order valence-corrected chi connectivity index (χ2v) is 5.48. The Morgan fingerprint density at radius 1 is 1.26 bits per heavy atom. The van der Waals surface area contributed by atoms with Crippen molar-refractivity contribution in [3.63, 3.8) is 0 Å². The summed E-state index contributed by atoms with van der Waals surface area (Å²) in [7, 11) is 1.49. The largest absolute Gasteiger partial charge is 0.493 e. The van der Waals surface area contributed by atoms with Gasteiger partial charge in [-0.3, -0.25) is 0 Å². The van der Waals surface area contributed by atoms with E-state index in [9.17, 15) is 9.18 Å². The fourth-order valence-corrected chi connectivity index (χ4v) is 2.35. The van der Waals surface area contributed by atoms with Crippen LogP contribution in [0, 0.1) is 5.82 Å². The van der Waals surface area contributed by atoms with Crippen molar-refractivity contribution >= 4 is 12.0 Å². The van der Waals surface area contributed by atoms with Crippen molar-refractivity contribution in [1.29, 1.82) is 0 Å². The van der Waals surface area contributed by atoms with Crippen molar-refractivity contribution in [1.82, 2.24) is 15.0 Å². The summed E-state index contributed by atoms with van der Waals surface area (Å²) in [5, 5.41) is 16.6. The molecule has 0 saturated carbocycles. The number of benzene rings is 2. The number of ether oxygens (including phenoxy) is 2. The van der Waals surface area contributed by atoms with E-state index in [0.717, 1.165) is 6.08 Å². The molecule has 27 heavy (non-hydrogen) atoms. The molecule has 0 radical (unpaired) electrons. The van der Waals surface area contributed by atoms with Gasteiger partial charge in [0.1, 0.15) is 23.8 Å². The molecule has 138 valence electrons. The van der Waals surface area contributed by atoms with Crippen molar-refractivity contribution in [3.05, 3.63) is 71.8 Å². The number of para-hydroxylation sites is 1. The van der Waals surface area contributed by atoms with Crippen molar-refractivity contribution in [2.24, 2.45) is 0 Å². The maximum absolute atomic E-state index is 13.8. The van der Waals surface area contributed by atoms with E-state index in [4.69, 9.17) is 14.6 Å². The standard InChI is InChI=1S/C19H16FN3O4/c1-26-18-10-13(7-9-19(24)25)6-8-17(18)27-12-14-11-23(22-21-14)16-5-3-2-4-15(16)20/h2-11H,12H2,1H3,(H,24,25)/b9-7+. The predicted molar refractivity (Wildman–Crippen MR) is 95.3 cm³/mol.